The molecule has 1 aliphatic rings. The Balaban J connectivity index is 1.93. The molecule has 1 aromatic carbocycles. The van der Waals surface area contributed by atoms with Crippen molar-refractivity contribution >= 4 is 5.97 Å². The zero-order valence-electron chi connectivity index (χ0n) is 12.7. The van der Waals surface area contributed by atoms with Gasteiger partial charge in [-0.3, -0.25) is 4.90 Å². The molecule has 0 amide bonds. The Kier molecular flexibility index (Phi) is 4.16. The zero-order chi connectivity index (χ0) is 14.9. The fourth-order valence-electron chi connectivity index (χ4n) is 3.02. The molecule has 2 rings (SSSR count). The number of rotatable bonds is 5. The Bertz CT molecular complexity index is 495. The monoisotopic (exact) mass is 277 g/mol. The van der Waals surface area contributed by atoms with Gasteiger partial charge in [-0.15, -0.1) is 0 Å². The van der Waals surface area contributed by atoms with Crippen LogP contribution in [0.3, 0.4) is 0 Å². The van der Waals surface area contributed by atoms with Gasteiger partial charge in [-0.25, -0.2) is 4.79 Å². The second-order valence-corrected chi connectivity index (χ2v) is 6.15. The maximum absolute atomic E-state index is 10.5. The molecule has 4 heteroatoms. The molecule has 4 nitrogen and oxygen atoms in total. The molecule has 1 aromatic rings. The van der Waals surface area contributed by atoms with E-state index in [-0.39, 0.29) is 12.2 Å². The fourth-order valence-corrected chi connectivity index (χ4v) is 3.02. The number of likely N-dealkylation sites (tertiary alicyclic amines) is 1. The number of hydrogen-bond donors (Lipinski definition) is 1. The van der Waals surface area contributed by atoms with Gasteiger partial charge in [-0.05, 0) is 44.4 Å². The molecule has 1 N–H and O–H groups in total. The van der Waals surface area contributed by atoms with E-state index in [1.807, 2.05) is 6.92 Å². The van der Waals surface area contributed by atoms with Crippen LogP contribution in [0.25, 0.3) is 0 Å². The molecule has 1 fully saturated rings. The number of carboxylic acids is 1. The summed E-state index contributed by atoms with van der Waals surface area (Å²) < 4.78 is 5.43. The predicted molar refractivity (Wildman–Crippen MR) is 77.9 cm³/mol. The molecule has 0 bridgehead atoms. The minimum atomic E-state index is -0.908. The van der Waals surface area contributed by atoms with E-state index >= 15 is 0 Å². The third-order valence-corrected chi connectivity index (χ3v) is 3.88. The van der Waals surface area contributed by atoms with Crippen LogP contribution in [0.4, 0.5) is 0 Å². The molecule has 0 saturated carbocycles. The number of aryl methyl sites for hydroxylation is 3. The number of carbonyl (C=O) groups is 1. The van der Waals surface area contributed by atoms with Gasteiger partial charge >= 0.3 is 5.97 Å². The van der Waals surface area contributed by atoms with Gasteiger partial charge < -0.3 is 9.84 Å². The van der Waals surface area contributed by atoms with Crippen LogP contribution in [-0.2, 0) is 16.1 Å². The molecule has 1 aliphatic heterocycles. The van der Waals surface area contributed by atoms with Crippen molar-refractivity contribution in [2.24, 2.45) is 0 Å². The maximum Gasteiger partial charge on any atom is 0.329 e. The molecule has 0 aliphatic carbocycles. The van der Waals surface area contributed by atoms with Gasteiger partial charge in [0.25, 0.3) is 0 Å². The van der Waals surface area contributed by atoms with Crippen LogP contribution in [0.2, 0.25) is 0 Å². The number of hydrogen-bond acceptors (Lipinski definition) is 3. The van der Waals surface area contributed by atoms with E-state index in [9.17, 15) is 4.79 Å². The van der Waals surface area contributed by atoms with Crippen molar-refractivity contribution in [1.29, 1.82) is 0 Å². The molecule has 0 spiro atoms. The normalized spacial score (nSPS) is 17.8. The lowest BCUT2D eigenvalue weighted by Gasteiger charge is -2.47. The lowest BCUT2D eigenvalue weighted by atomic mass is 9.93. The van der Waals surface area contributed by atoms with E-state index in [0.717, 1.165) is 19.6 Å². The predicted octanol–water partition coefficient (Wildman–Crippen LogP) is 2.29. The van der Waals surface area contributed by atoms with Crippen LogP contribution in [0.5, 0.6) is 0 Å². The van der Waals surface area contributed by atoms with Crippen molar-refractivity contribution in [3.63, 3.8) is 0 Å². The highest BCUT2D eigenvalue weighted by Crippen LogP contribution is 2.28. The van der Waals surface area contributed by atoms with Gasteiger partial charge in [0.05, 0.1) is 5.60 Å². The van der Waals surface area contributed by atoms with E-state index < -0.39 is 5.97 Å². The summed E-state index contributed by atoms with van der Waals surface area (Å²) in [5, 5.41) is 8.66. The Morgan fingerprint density at radius 3 is 2.35 bits per heavy atom. The third kappa shape index (κ3) is 3.38. The molecule has 1 saturated heterocycles. The lowest BCUT2D eigenvalue weighted by molar-refractivity contribution is -0.165. The second kappa shape index (κ2) is 5.54. The van der Waals surface area contributed by atoms with Gasteiger partial charge in [0.15, 0.2) is 0 Å². The first-order valence-electron chi connectivity index (χ1n) is 6.94. The number of nitrogens with zero attached hydrogens (tertiary/aromatic N) is 1. The van der Waals surface area contributed by atoms with E-state index in [4.69, 9.17) is 9.84 Å². The van der Waals surface area contributed by atoms with Crippen LogP contribution in [-0.4, -0.2) is 41.3 Å². The molecular weight excluding hydrogens is 254 g/mol. The van der Waals surface area contributed by atoms with Gasteiger partial charge in [0.1, 0.15) is 6.61 Å². The first-order chi connectivity index (χ1) is 9.29. The Morgan fingerprint density at radius 2 is 1.85 bits per heavy atom. The summed E-state index contributed by atoms with van der Waals surface area (Å²) in [6.07, 6.45) is 0. The number of benzene rings is 1. The average molecular weight is 277 g/mol. The number of aliphatic carboxylic acids is 1. The van der Waals surface area contributed by atoms with E-state index in [1.165, 1.54) is 22.3 Å². The zero-order valence-corrected chi connectivity index (χ0v) is 12.7. The minimum Gasteiger partial charge on any atom is -0.480 e. The molecule has 0 aromatic heterocycles. The molecule has 20 heavy (non-hydrogen) atoms. The maximum atomic E-state index is 10.5. The quantitative estimate of drug-likeness (QED) is 0.897. The first-order valence-corrected chi connectivity index (χ1v) is 6.94. The van der Waals surface area contributed by atoms with Crippen molar-refractivity contribution in [3.05, 3.63) is 34.4 Å². The van der Waals surface area contributed by atoms with Crippen molar-refractivity contribution in [1.82, 2.24) is 4.90 Å². The van der Waals surface area contributed by atoms with Crippen molar-refractivity contribution in [2.75, 3.05) is 19.7 Å². The third-order valence-electron chi connectivity index (χ3n) is 3.88. The van der Waals surface area contributed by atoms with E-state index in [1.54, 1.807) is 0 Å². The highest BCUT2D eigenvalue weighted by molar-refractivity contribution is 5.68. The molecule has 110 valence electrons. The van der Waals surface area contributed by atoms with Crippen LogP contribution in [0, 0.1) is 20.8 Å². The summed E-state index contributed by atoms with van der Waals surface area (Å²) in [6.45, 7) is 10.6. The summed E-state index contributed by atoms with van der Waals surface area (Å²) in [4.78, 5) is 12.8. The molecule has 0 radical (unpaired) electrons. The highest BCUT2D eigenvalue weighted by Gasteiger charge is 2.40. The first kappa shape index (κ1) is 15.0. The average Bonchev–Trinajstić information content (AvgIpc) is 2.28. The lowest BCUT2D eigenvalue weighted by Crippen LogP contribution is -2.61. The van der Waals surface area contributed by atoms with Crippen LogP contribution < -0.4 is 0 Å². The molecule has 1 heterocycles. The summed E-state index contributed by atoms with van der Waals surface area (Å²) in [7, 11) is 0. The Hall–Kier alpha value is -1.39. The number of ether oxygens (including phenoxy) is 1. The largest absolute Gasteiger partial charge is 0.480 e. The van der Waals surface area contributed by atoms with Gasteiger partial charge in [0.2, 0.25) is 0 Å². The topological polar surface area (TPSA) is 49.8 Å². The summed E-state index contributed by atoms with van der Waals surface area (Å²) in [5.74, 6) is -0.908. The van der Waals surface area contributed by atoms with Gasteiger partial charge in [-0.2, -0.15) is 0 Å². The Morgan fingerprint density at radius 1 is 1.30 bits per heavy atom. The standard InChI is InChI=1S/C16H23NO3/c1-11-5-12(2)14(13(3)6-11)7-17-9-16(4,10-17)20-8-15(18)19/h5-6H,7-10H2,1-4H3,(H,18,19). The van der Waals surface area contributed by atoms with Crippen LogP contribution in [0.1, 0.15) is 29.2 Å². The van der Waals surface area contributed by atoms with Crippen molar-refractivity contribution < 1.29 is 14.6 Å². The van der Waals surface area contributed by atoms with Gasteiger partial charge in [0, 0.05) is 19.6 Å². The van der Waals surface area contributed by atoms with Crippen LogP contribution in [0.15, 0.2) is 12.1 Å². The van der Waals surface area contributed by atoms with Crippen LogP contribution >= 0.6 is 0 Å². The van der Waals surface area contributed by atoms with Crippen molar-refractivity contribution in [3.8, 4) is 0 Å². The number of carboxylic acid groups (broad SMARTS) is 1. The smallest absolute Gasteiger partial charge is 0.329 e. The summed E-state index contributed by atoms with van der Waals surface area (Å²) in [5.41, 5.74) is 4.99. The van der Waals surface area contributed by atoms with Gasteiger partial charge in [-0.1, -0.05) is 17.7 Å². The molecule has 0 unspecified atom stereocenters. The van der Waals surface area contributed by atoms with E-state index in [2.05, 4.69) is 37.8 Å². The highest BCUT2D eigenvalue weighted by atomic mass is 16.5. The molecule has 0 atom stereocenters. The molecular formula is C16H23NO3. The summed E-state index contributed by atoms with van der Waals surface area (Å²) in [6, 6.07) is 4.42. The minimum absolute atomic E-state index is 0.215. The van der Waals surface area contributed by atoms with Crippen molar-refractivity contribution in [2.45, 2.75) is 39.8 Å². The Labute approximate surface area is 120 Å². The SMILES string of the molecule is Cc1cc(C)c(CN2CC(C)(OCC(=O)O)C2)c(C)c1. The fraction of sp³-hybridized carbons (Fsp3) is 0.562. The second-order valence-electron chi connectivity index (χ2n) is 6.15. The summed E-state index contributed by atoms with van der Waals surface area (Å²) >= 11 is 0. The van der Waals surface area contributed by atoms with E-state index in [0.29, 0.717) is 0 Å².